The molecule has 0 aliphatic carbocycles. The number of hydrogen-bond acceptors (Lipinski definition) is 4. The molecule has 0 bridgehead atoms. The molecule has 0 saturated carbocycles. The fourth-order valence-corrected chi connectivity index (χ4v) is 4.59. The first-order valence-corrected chi connectivity index (χ1v) is 7.87. The summed E-state index contributed by atoms with van der Waals surface area (Å²) in [5.74, 6) is 0. The fourth-order valence-electron chi connectivity index (χ4n) is 4.59. The van der Waals surface area contributed by atoms with Crippen molar-refractivity contribution in [2.75, 3.05) is 39.4 Å². The molecule has 3 heterocycles. The smallest absolute Gasteiger partial charge is 0.0645 e. The lowest BCUT2D eigenvalue weighted by Gasteiger charge is -2.57. The third-order valence-corrected chi connectivity index (χ3v) is 5.58. The summed E-state index contributed by atoms with van der Waals surface area (Å²) in [4.78, 5) is 5.36. The Morgan fingerprint density at radius 3 is 2.84 bits per heavy atom. The molecule has 2 unspecified atom stereocenters. The molecular weight excluding hydrogens is 238 g/mol. The van der Waals surface area contributed by atoms with Gasteiger partial charge in [0.25, 0.3) is 0 Å². The third-order valence-electron chi connectivity index (χ3n) is 5.58. The highest BCUT2D eigenvalue weighted by molar-refractivity contribution is 5.06. The van der Waals surface area contributed by atoms with E-state index < -0.39 is 0 Å². The van der Waals surface area contributed by atoms with E-state index in [1.165, 1.54) is 38.8 Å². The monoisotopic (exact) mass is 267 g/mol. The van der Waals surface area contributed by atoms with Gasteiger partial charge in [0.1, 0.15) is 0 Å². The van der Waals surface area contributed by atoms with Crippen LogP contribution in [0.4, 0.5) is 0 Å². The van der Waals surface area contributed by atoms with Crippen molar-refractivity contribution in [2.45, 2.75) is 56.7 Å². The molecule has 4 nitrogen and oxygen atoms in total. The highest BCUT2D eigenvalue weighted by Crippen LogP contribution is 2.40. The molecule has 3 aliphatic heterocycles. The minimum absolute atomic E-state index is 0.123. The quantitative estimate of drug-likeness (QED) is 0.812. The van der Waals surface area contributed by atoms with Crippen molar-refractivity contribution in [2.24, 2.45) is 5.73 Å². The molecule has 0 aromatic heterocycles. The van der Waals surface area contributed by atoms with Gasteiger partial charge < -0.3 is 15.4 Å². The lowest BCUT2D eigenvalue weighted by atomic mass is 9.78. The molecule has 110 valence electrons. The van der Waals surface area contributed by atoms with Crippen LogP contribution >= 0.6 is 0 Å². The number of morpholine rings is 1. The average Bonchev–Trinajstić information content (AvgIpc) is 2.85. The minimum atomic E-state index is 0.123. The Hall–Kier alpha value is -0.160. The number of rotatable bonds is 2. The molecule has 2 N–H and O–H groups in total. The summed E-state index contributed by atoms with van der Waals surface area (Å²) in [6.45, 7) is 10.7. The van der Waals surface area contributed by atoms with E-state index in [9.17, 15) is 0 Å². The van der Waals surface area contributed by atoms with Crippen LogP contribution in [0.5, 0.6) is 0 Å². The van der Waals surface area contributed by atoms with Crippen LogP contribution in [0, 0.1) is 0 Å². The van der Waals surface area contributed by atoms with Gasteiger partial charge in [-0.2, -0.15) is 0 Å². The van der Waals surface area contributed by atoms with Crippen LogP contribution in [-0.2, 0) is 4.74 Å². The highest BCUT2D eigenvalue weighted by Gasteiger charge is 2.49. The molecular formula is C15H29N3O. The molecule has 4 heteroatoms. The molecule has 3 aliphatic rings. The lowest BCUT2D eigenvalue weighted by Crippen LogP contribution is -2.69. The fraction of sp³-hybridized carbons (Fsp3) is 1.00. The first kappa shape index (κ1) is 13.8. The van der Waals surface area contributed by atoms with Crippen LogP contribution in [0.15, 0.2) is 0 Å². The summed E-state index contributed by atoms with van der Waals surface area (Å²) < 4.78 is 5.69. The summed E-state index contributed by atoms with van der Waals surface area (Å²) in [6, 6.07) is 0.774. The van der Waals surface area contributed by atoms with Gasteiger partial charge in [0.05, 0.1) is 13.2 Å². The van der Waals surface area contributed by atoms with Crippen molar-refractivity contribution in [3.8, 4) is 0 Å². The van der Waals surface area contributed by atoms with Crippen molar-refractivity contribution in [1.29, 1.82) is 0 Å². The van der Waals surface area contributed by atoms with Gasteiger partial charge in [0, 0.05) is 36.8 Å². The predicted molar refractivity (Wildman–Crippen MR) is 77.2 cm³/mol. The summed E-state index contributed by atoms with van der Waals surface area (Å²) in [5, 5.41) is 0. The maximum absolute atomic E-state index is 6.27. The zero-order chi connectivity index (χ0) is 13.5. The van der Waals surface area contributed by atoms with Crippen LogP contribution in [0.1, 0.15) is 39.5 Å². The molecule has 0 amide bonds. The van der Waals surface area contributed by atoms with Crippen molar-refractivity contribution >= 4 is 0 Å². The molecule has 0 aromatic rings. The van der Waals surface area contributed by atoms with Crippen molar-refractivity contribution in [1.82, 2.24) is 9.80 Å². The van der Waals surface area contributed by atoms with E-state index in [-0.39, 0.29) is 11.1 Å². The molecule has 19 heavy (non-hydrogen) atoms. The number of ether oxygens (including phenoxy) is 1. The Kier molecular flexibility index (Phi) is 3.63. The number of nitrogens with two attached hydrogens (primary N) is 1. The normalized spacial score (nSPS) is 40.3. The van der Waals surface area contributed by atoms with E-state index in [0.717, 1.165) is 32.3 Å². The number of nitrogens with zero attached hydrogens (tertiary/aromatic N) is 2. The minimum Gasteiger partial charge on any atom is -0.378 e. The van der Waals surface area contributed by atoms with Gasteiger partial charge in [0.2, 0.25) is 0 Å². The Bertz CT molecular complexity index is 333. The Morgan fingerprint density at radius 1 is 1.26 bits per heavy atom. The van der Waals surface area contributed by atoms with Crippen LogP contribution in [-0.4, -0.2) is 66.3 Å². The first-order chi connectivity index (χ1) is 9.07. The van der Waals surface area contributed by atoms with Gasteiger partial charge >= 0.3 is 0 Å². The van der Waals surface area contributed by atoms with Gasteiger partial charge in [0.15, 0.2) is 0 Å². The second-order valence-corrected chi connectivity index (χ2v) is 7.23. The topological polar surface area (TPSA) is 41.7 Å². The molecule has 2 atom stereocenters. The lowest BCUT2D eigenvalue weighted by molar-refractivity contribution is -0.123. The summed E-state index contributed by atoms with van der Waals surface area (Å²) >= 11 is 0. The average molecular weight is 267 g/mol. The van der Waals surface area contributed by atoms with E-state index in [1.54, 1.807) is 0 Å². The second-order valence-electron chi connectivity index (χ2n) is 7.23. The van der Waals surface area contributed by atoms with E-state index in [2.05, 4.69) is 23.6 Å². The van der Waals surface area contributed by atoms with Crippen molar-refractivity contribution < 1.29 is 4.74 Å². The van der Waals surface area contributed by atoms with E-state index in [1.807, 2.05) is 0 Å². The van der Waals surface area contributed by atoms with Crippen molar-refractivity contribution in [3.05, 3.63) is 0 Å². The largest absolute Gasteiger partial charge is 0.378 e. The maximum Gasteiger partial charge on any atom is 0.0645 e. The molecule has 3 saturated heterocycles. The zero-order valence-electron chi connectivity index (χ0n) is 12.5. The molecule has 3 rings (SSSR count). The van der Waals surface area contributed by atoms with Gasteiger partial charge in [-0.05, 0) is 46.1 Å². The van der Waals surface area contributed by atoms with Gasteiger partial charge in [-0.25, -0.2) is 0 Å². The Morgan fingerprint density at radius 2 is 2.11 bits per heavy atom. The summed E-state index contributed by atoms with van der Waals surface area (Å²) in [7, 11) is 0. The maximum atomic E-state index is 6.27. The summed E-state index contributed by atoms with van der Waals surface area (Å²) in [5.41, 5.74) is 6.60. The van der Waals surface area contributed by atoms with Crippen LogP contribution < -0.4 is 5.73 Å². The molecule has 3 fully saturated rings. The molecule has 0 spiro atoms. The third kappa shape index (κ3) is 2.33. The second kappa shape index (κ2) is 4.99. The highest BCUT2D eigenvalue weighted by atomic mass is 16.5. The standard InChI is InChI=1S/C15H29N3O/c1-14(2)12-19-9-8-18(14)15(11-16)5-7-17-6-3-4-13(17)10-15/h13H,3-12,16H2,1-2H3. The first-order valence-electron chi connectivity index (χ1n) is 7.87. The van der Waals surface area contributed by atoms with Crippen LogP contribution in [0.3, 0.4) is 0 Å². The van der Waals surface area contributed by atoms with Gasteiger partial charge in [-0.3, -0.25) is 4.90 Å². The van der Waals surface area contributed by atoms with E-state index in [4.69, 9.17) is 10.5 Å². The Labute approximate surface area is 117 Å². The van der Waals surface area contributed by atoms with E-state index in [0.29, 0.717) is 0 Å². The van der Waals surface area contributed by atoms with Crippen molar-refractivity contribution in [3.63, 3.8) is 0 Å². The predicted octanol–water partition coefficient (Wildman–Crippen LogP) is 1.05. The van der Waals surface area contributed by atoms with Crippen LogP contribution in [0.2, 0.25) is 0 Å². The van der Waals surface area contributed by atoms with E-state index >= 15 is 0 Å². The zero-order valence-corrected chi connectivity index (χ0v) is 12.5. The van der Waals surface area contributed by atoms with Gasteiger partial charge in [-0.1, -0.05) is 0 Å². The molecule has 0 radical (unpaired) electrons. The van der Waals surface area contributed by atoms with Crippen LogP contribution in [0.25, 0.3) is 0 Å². The number of fused-ring (bicyclic) bond motifs is 1. The molecule has 0 aromatic carbocycles. The van der Waals surface area contributed by atoms with Gasteiger partial charge in [-0.15, -0.1) is 0 Å². The summed E-state index contributed by atoms with van der Waals surface area (Å²) in [6.07, 6.45) is 5.22. The Balaban J connectivity index is 1.82. The number of hydrogen-bond donors (Lipinski definition) is 1. The SMILES string of the molecule is CC1(C)COCCN1C1(CN)CCN2CCCC2C1. The number of piperidine rings is 1.